The minimum Gasteiger partial charge on any atom is -0.494 e. The summed E-state index contributed by atoms with van der Waals surface area (Å²) in [7, 11) is -4.05. The van der Waals surface area contributed by atoms with Gasteiger partial charge in [0.15, 0.2) is 0 Å². The Labute approximate surface area is 200 Å². The standard InChI is InChI=1S/C26H28N2O5S/c1-4-18(3)28(34(31,32)23-15-10-19-8-6-7-9-20(19)16-23)24-17-25(29)27(26(24)30)21-11-13-22(14-12-21)33-5-2/h6-16,18,24H,4-5,17H2,1-3H3. The molecule has 8 heteroatoms. The number of hydrogen-bond acceptors (Lipinski definition) is 5. The van der Waals surface area contributed by atoms with Crippen molar-refractivity contribution in [3.05, 3.63) is 66.7 Å². The van der Waals surface area contributed by atoms with Crippen LogP contribution in [0.3, 0.4) is 0 Å². The van der Waals surface area contributed by atoms with Gasteiger partial charge in [-0.2, -0.15) is 4.31 Å². The maximum atomic E-state index is 13.8. The molecule has 2 atom stereocenters. The Kier molecular flexibility index (Phi) is 6.72. The number of fused-ring (bicyclic) bond motifs is 1. The smallest absolute Gasteiger partial charge is 0.252 e. The fourth-order valence-electron chi connectivity index (χ4n) is 4.29. The molecule has 1 fully saturated rings. The highest BCUT2D eigenvalue weighted by molar-refractivity contribution is 7.89. The van der Waals surface area contributed by atoms with E-state index in [-0.39, 0.29) is 11.3 Å². The lowest BCUT2D eigenvalue weighted by Gasteiger charge is -2.31. The molecule has 0 saturated carbocycles. The molecule has 1 heterocycles. The molecule has 2 unspecified atom stereocenters. The van der Waals surface area contributed by atoms with Gasteiger partial charge in [-0.05, 0) is 67.4 Å². The molecule has 4 rings (SSSR count). The van der Waals surface area contributed by atoms with Crippen LogP contribution in [0.5, 0.6) is 5.75 Å². The zero-order valence-electron chi connectivity index (χ0n) is 19.5. The minimum atomic E-state index is -4.05. The van der Waals surface area contributed by atoms with E-state index in [2.05, 4.69) is 0 Å². The van der Waals surface area contributed by atoms with Crippen LogP contribution in [0.2, 0.25) is 0 Å². The van der Waals surface area contributed by atoms with Crippen molar-refractivity contribution < 1.29 is 22.7 Å². The summed E-state index contributed by atoms with van der Waals surface area (Å²) in [6.07, 6.45) is 0.289. The first-order chi connectivity index (χ1) is 16.3. The van der Waals surface area contributed by atoms with Crippen LogP contribution in [-0.4, -0.2) is 43.2 Å². The van der Waals surface area contributed by atoms with Crippen LogP contribution in [0.4, 0.5) is 5.69 Å². The van der Waals surface area contributed by atoms with Crippen LogP contribution in [0.1, 0.15) is 33.6 Å². The van der Waals surface area contributed by atoms with Crippen molar-refractivity contribution in [2.24, 2.45) is 0 Å². The number of carbonyl (C=O) groups is 2. The van der Waals surface area contributed by atoms with Crippen molar-refractivity contribution in [2.75, 3.05) is 11.5 Å². The fourth-order valence-corrected chi connectivity index (χ4v) is 6.17. The Balaban J connectivity index is 1.71. The fraction of sp³-hybridized carbons (Fsp3) is 0.308. The number of benzene rings is 3. The van der Waals surface area contributed by atoms with Crippen molar-refractivity contribution in [2.45, 2.75) is 50.6 Å². The van der Waals surface area contributed by atoms with Gasteiger partial charge >= 0.3 is 0 Å². The first kappa shape index (κ1) is 23.9. The number of imide groups is 1. The van der Waals surface area contributed by atoms with Gasteiger partial charge in [0.25, 0.3) is 5.91 Å². The second-order valence-corrected chi connectivity index (χ2v) is 10.2. The number of rotatable bonds is 8. The van der Waals surface area contributed by atoms with Crippen molar-refractivity contribution >= 4 is 38.3 Å². The Morgan fingerprint density at radius 2 is 1.68 bits per heavy atom. The molecule has 0 radical (unpaired) electrons. The van der Waals surface area contributed by atoms with Crippen LogP contribution in [0.15, 0.2) is 71.6 Å². The molecule has 0 bridgehead atoms. The SMILES string of the molecule is CCOc1ccc(N2C(=O)CC(N(C(C)CC)S(=O)(=O)c3ccc4ccccc4c3)C2=O)cc1. The van der Waals surface area contributed by atoms with Crippen molar-refractivity contribution in [3.8, 4) is 5.75 Å². The first-order valence-electron chi connectivity index (χ1n) is 11.4. The third kappa shape index (κ3) is 4.31. The van der Waals surface area contributed by atoms with Gasteiger partial charge in [0, 0.05) is 6.04 Å². The Morgan fingerprint density at radius 3 is 2.32 bits per heavy atom. The number of sulfonamides is 1. The predicted molar refractivity (Wildman–Crippen MR) is 131 cm³/mol. The third-order valence-corrected chi connectivity index (χ3v) is 8.18. The van der Waals surface area contributed by atoms with E-state index >= 15 is 0 Å². The van der Waals surface area contributed by atoms with E-state index in [1.807, 2.05) is 38.1 Å². The van der Waals surface area contributed by atoms with E-state index in [0.29, 0.717) is 24.5 Å². The Bertz CT molecular complexity index is 1320. The topological polar surface area (TPSA) is 84.0 Å². The van der Waals surface area contributed by atoms with Gasteiger partial charge < -0.3 is 4.74 Å². The summed E-state index contributed by atoms with van der Waals surface area (Å²) in [5.41, 5.74) is 0.396. The summed E-state index contributed by atoms with van der Waals surface area (Å²) in [6.45, 7) is 5.99. The summed E-state index contributed by atoms with van der Waals surface area (Å²) < 4.78 is 34.3. The van der Waals surface area contributed by atoms with E-state index < -0.39 is 33.9 Å². The zero-order valence-corrected chi connectivity index (χ0v) is 20.3. The summed E-state index contributed by atoms with van der Waals surface area (Å²) >= 11 is 0. The monoisotopic (exact) mass is 480 g/mol. The normalized spacial score (nSPS) is 17.5. The second kappa shape index (κ2) is 9.56. The van der Waals surface area contributed by atoms with Crippen LogP contribution in [0, 0.1) is 0 Å². The van der Waals surface area contributed by atoms with E-state index in [0.717, 1.165) is 15.7 Å². The van der Waals surface area contributed by atoms with Crippen LogP contribution < -0.4 is 9.64 Å². The summed E-state index contributed by atoms with van der Waals surface area (Å²) in [4.78, 5) is 27.5. The maximum Gasteiger partial charge on any atom is 0.252 e. The average Bonchev–Trinajstić information content (AvgIpc) is 3.12. The van der Waals surface area contributed by atoms with Gasteiger partial charge in [-0.1, -0.05) is 37.3 Å². The largest absolute Gasteiger partial charge is 0.494 e. The highest BCUT2D eigenvalue weighted by Crippen LogP contribution is 2.33. The molecular formula is C26H28N2O5S. The second-order valence-electron chi connectivity index (χ2n) is 8.32. The molecule has 1 aliphatic heterocycles. The third-order valence-electron chi connectivity index (χ3n) is 6.16. The van der Waals surface area contributed by atoms with Crippen LogP contribution >= 0.6 is 0 Å². The van der Waals surface area contributed by atoms with Crippen molar-refractivity contribution in [1.29, 1.82) is 0 Å². The Morgan fingerprint density at radius 1 is 1.00 bits per heavy atom. The predicted octanol–water partition coefficient (Wildman–Crippen LogP) is 4.36. The number of nitrogens with zero attached hydrogens (tertiary/aromatic N) is 2. The van der Waals surface area contributed by atoms with Gasteiger partial charge in [0.05, 0.1) is 23.6 Å². The highest BCUT2D eigenvalue weighted by atomic mass is 32.2. The maximum absolute atomic E-state index is 13.8. The molecule has 0 aliphatic carbocycles. The molecule has 0 spiro atoms. The lowest BCUT2D eigenvalue weighted by Crippen LogP contribution is -2.49. The molecule has 1 aliphatic rings. The molecule has 7 nitrogen and oxygen atoms in total. The number of ether oxygens (including phenoxy) is 1. The van der Waals surface area contributed by atoms with Crippen molar-refractivity contribution in [1.82, 2.24) is 4.31 Å². The van der Waals surface area contributed by atoms with E-state index in [1.165, 1.54) is 4.31 Å². The molecule has 3 aromatic carbocycles. The highest BCUT2D eigenvalue weighted by Gasteiger charge is 2.48. The van der Waals surface area contributed by atoms with Crippen LogP contribution in [0.25, 0.3) is 10.8 Å². The lowest BCUT2D eigenvalue weighted by molar-refractivity contribution is -0.122. The van der Waals surface area contributed by atoms with Crippen LogP contribution in [-0.2, 0) is 19.6 Å². The van der Waals surface area contributed by atoms with Gasteiger partial charge in [-0.15, -0.1) is 0 Å². The number of carbonyl (C=O) groups excluding carboxylic acids is 2. The van der Waals surface area contributed by atoms with Gasteiger partial charge in [-0.25, -0.2) is 13.3 Å². The lowest BCUT2D eigenvalue weighted by atomic mass is 10.1. The molecule has 0 aromatic heterocycles. The Hall–Kier alpha value is -3.23. The summed E-state index contributed by atoms with van der Waals surface area (Å²) in [6, 6.07) is 17.5. The zero-order chi connectivity index (χ0) is 24.5. The number of anilines is 1. The number of hydrogen-bond donors (Lipinski definition) is 0. The van der Waals surface area contributed by atoms with E-state index in [4.69, 9.17) is 4.74 Å². The summed E-state index contributed by atoms with van der Waals surface area (Å²) in [5.74, 6) is -0.345. The molecular weight excluding hydrogens is 452 g/mol. The summed E-state index contributed by atoms with van der Waals surface area (Å²) in [5, 5.41) is 1.71. The van der Waals surface area contributed by atoms with Gasteiger partial charge in [0.2, 0.25) is 15.9 Å². The minimum absolute atomic E-state index is 0.103. The van der Waals surface area contributed by atoms with Gasteiger partial charge in [-0.3, -0.25) is 9.59 Å². The van der Waals surface area contributed by atoms with Crippen molar-refractivity contribution in [3.63, 3.8) is 0 Å². The molecule has 3 aromatic rings. The number of amides is 2. The molecule has 1 saturated heterocycles. The van der Waals surface area contributed by atoms with E-state index in [9.17, 15) is 18.0 Å². The molecule has 34 heavy (non-hydrogen) atoms. The average molecular weight is 481 g/mol. The molecule has 2 amide bonds. The first-order valence-corrected chi connectivity index (χ1v) is 12.8. The van der Waals surface area contributed by atoms with E-state index in [1.54, 1.807) is 49.4 Å². The van der Waals surface area contributed by atoms with Gasteiger partial charge in [0.1, 0.15) is 11.8 Å². The molecule has 178 valence electrons. The molecule has 0 N–H and O–H groups in total. The quantitative estimate of drug-likeness (QED) is 0.447.